The average molecular weight is 313 g/mol. The zero-order chi connectivity index (χ0) is 16.4. The number of ether oxygens (including phenoxy) is 1. The van der Waals surface area contributed by atoms with E-state index in [1.807, 2.05) is 0 Å². The Morgan fingerprint density at radius 1 is 1.04 bits per heavy atom. The molecule has 3 aromatic rings. The van der Waals surface area contributed by atoms with Crippen LogP contribution in [0.5, 0.6) is 5.88 Å². The summed E-state index contributed by atoms with van der Waals surface area (Å²) in [7, 11) is 1.55. The van der Waals surface area contributed by atoms with Crippen molar-refractivity contribution in [2.75, 3.05) is 7.11 Å². The maximum Gasteiger partial charge on any atom is 0.249 e. The molecule has 0 saturated heterocycles. The Kier molecular flexibility index (Phi) is 3.82. The van der Waals surface area contributed by atoms with Crippen LogP contribution in [0.15, 0.2) is 47.0 Å². The summed E-state index contributed by atoms with van der Waals surface area (Å²) in [5.41, 5.74) is 0.486. The fourth-order valence-electron chi connectivity index (χ4n) is 2.11. The zero-order valence-electron chi connectivity index (χ0n) is 13.1. The first-order valence-electron chi connectivity index (χ1n) is 7.11. The van der Waals surface area contributed by atoms with Crippen LogP contribution < -0.4 is 4.74 Å². The summed E-state index contributed by atoms with van der Waals surface area (Å²) in [6, 6.07) is 10.5. The van der Waals surface area contributed by atoms with Crippen LogP contribution in [0.1, 0.15) is 19.4 Å². The first-order valence-corrected chi connectivity index (χ1v) is 7.11. The van der Waals surface area contributed by atoms with Crippen molar-refractivity contribution in [2.24, 2.45) is 0 Å². The third kappa shape index (κ3) is 3.21. The molecule has 0 spiro atoms. The van der Waals surface area contributed by atoms with Crippen LogP contribution in [0.25, 0.3) is 22.9 Å². The highest BCUT2D eigenvalue weighted by molar-refractivity contribution is 5.58. The number of nitrogens with zero attached hydrogens (tertiary/aromatic N) is 3. The Bertz CT molecular complexity index is 807. The number of hydrogen-bond donors (Lipinski definition) is 0. The Hall–Kier alpha value is -2.76. The zero-order valence-corrected chi connectivity index (χ0v) is 13.1. The molecule has 0 aliphatic carbocycles. The monoisotopic (exact) mass is 313 g/mol. The lowest BCUT2D eigenvalue weighted by atomic mass is 9.98. The number of aromatic nitrogens is 3. The topological polar surface area (TPSA) is 61.0 Å². The van der Waals surface area contributed by atoms with E-state index in [0.29, 0.717) is 34.4 Å². The largest absolute Gasteiger partial charge is 0.481 e. The Morgan fingerprint density at radius 2 is 1.78 bits per heavy atom. The van der Waals surface area contributed by atoms with Crippen LogP contribution in [-0.4, -0.2) is 22.3 Å². The SMILES string of the molecule is COc1ccc(-c2nnc(-c3cccc(C(C)(C)F)c3)o2)cn1. The van der Waals surface area contributed by atoms with Crippen LogP contribution in [0.3, 0.4) is 0 Å². The van der Waals surface area contributed by atoms with E-state index in [1.165, 1.54) is 13.8 Å². The van der Waals surface area contributed by atoms with E-state index >= 15 is 0 Å². The number of rotatable bonds is 4. The van der Waals surface area contributed by atoms with Gasteiger partial charge in [-0.15, -0.1) is 10.2 Å². The highest BCUT2D eigenvalue weighted by atomic mass is 19.1. The lowest BCUT2D eigenvalue weighted by molar-refractivity contribution is 0.221. The van der Waals surface area contributed by atoms with Gasteiger partial charge in [-0.3, -0.25) is 0 Å². The van der Waals surface area contributed by atoms with Crippen molar-refractivity contribution >= 4 is 0 Å². The first-order chi connectivity index (χ1) is 11.0. The molecule has 0 amide bonds. The van der Waals surface area contributed by atoms with Gasteiger partial charge < -0.3 is 9.15 Å². The second-order valence-electron chi connectivity index (χ2n) is 5.55. The normalized spacial score (nSPS) is 11.5. The number of hydrogen-bond acceptors (Lipinski definition) is 5. The minimum absolute atomic E-state index is 0.335. The molecular weight excluding hydrogens is 297 g/mol. The van der Waals surface area contributed by atoms with Gasteiger partial charge in [0.2, 0.25) is 17.7 Å². The molecule has 2 heterocycles. The van der Waals surface area contributed by atoms with Crippen molar-refractivity contribution < 1.29 is 13.5 Å². The molecule has 0 fully saturated rings. The number of pyridine rings is 1. The maximum absolute atomic E-state index is 14.1. The second-order valence-corrected chi connectivity index (χ2v) is 5.55. The van der Waals surface area contributed by atoms with Gasteiger partial charge in [-0.1, -0.05) is 12.1 Å². The predicted molar refractivity (Wildman–Crippen MR) is 83.7 cm³/mol. The quantitative estimate of drug-likeness (QED) is 0.728. The van der Waals surface area contributed by atoms with E-state index in [4.69, 9.17) is 9.15 Å². The van der Waals surface area contributed by atoms with E-state index < -0.39 is 5.67 Å². The van der Waals surface area contributed by atoms with Gasteiger partial charge in [0, 0.05) is 17.8 Å². The smallest absolute Gasteiger partial charge is 0.249 e. The van der Waals surface area contributed by atoms with Gasteiger partial charge in [0.15, 0.2) is 0 Å². The third-order valence-electron chi connectivity index (χ3n) is 3.41. The second kappa shape index (κ2) is 5.79. The Morgan fingerprint density at radius 3 is 2.39 bits per heavy atom. The summed E-state index contributed by atoms with van der Waals surface area (Å²) in [6.45, 7) is 3.02. The molecule has 5 nitrogen and oxygen atoms in total. The van der Waals surface area contributed by atoms with E-state index in [9.17, 15) is 4.39 Å². The fraction of sp³-hybridized carbons (Fsp3) is 0.235. The number of benzene rings is 1. The van der Waals surface area contributed by atoms with E-state index in [0.717, 1.165) is 0 Å². The van der Waals surface area contributed by atoms with Crippen molar-refractivity contribution in [1.82, 2.24) is 15.2 Å². The van der Waals surface area contributed by atoms with Gasteiger partial charge in [0.25, 0.3) is 0 Å². The molecule has 3 rings (SSSR count). The summed E-state index contributed by atoms with van der Waals surface area (Å²) in [5, 5.41) is 8.05. The molecule has 0 aliphatic heterocycles. The highest BCUT2D eigenvalue weighted by Gasteiger charge is 2.20. The summed E-state index contributed by atoms with van der Waals surface area (Å²) < 4.78 is 24.8. The summed E-state index contributed by atoms with van der Waals surface area (Å²) in [5.74, 6) is 1.19. The van der Waals surface area contributed by atoms with Gasteiger partial charge in [0.1, 0.15) is 5.67 Å². The molecule has 0 saturated carbocycles. The standard InChI is InChI=1S/C17H16FN3O2/c1-17(2,18)13-6-4-5-11(9-13)15-20-21-16(23-15)12-7-8-14(22-3)19-10-12/h4-10H,1-3H3. The molecule has 23 heavy (non-hydrogen) atoms. The van der Waals surface area contributed by atoms with Gasteiger partial charge in [0.05, 0.1) is 12.7 Å². The van der Waals surface area contributed by atoms with Crippen molar-refractivity contribution in [3.05, 3.63) is 48.2 Å². The molecular formula is C17H16FN3O2. The molecule has 118 valence electrons. The van der Waals surface area contributed by atoms with Crippen molar-refractivity contribution in [1.29, 1.82) is 0 Å². The molecule has 0 bridgehead atoms. The summed E-state index contributed by atoms with van der Waals surface area (Å²) >= 11 is 0. The van der Waals surface area contributed by atoms with Crippen LogP contribution in [0, 0.1) is 0 Å². The molecule has 1 aromatic carbocycles. The fourth-order valence-corrected chi connectivity index (χ4v) is 2.11. The van der Waals surface area contributed by atoms with Crippen molar-refractivity contribution in [3.8, 4) is 28.8 Å². The minimum atomic E-state index is -1.43. The molecule has 0 radical (unpaired) electrons. The van der Waals surface area contributed by atoms with Gasteiger partial charge in [-0.2, -0.15) is 0 Å². The number of halogens is 1. The van der Waals surface area contributed by atoms with Crippen LogP contribution in [0.4, 0.5) is 4.39 Å². The maximum atomic E-state index is 14.1. The molecule has 0 unspecified atom stereocenters. The van der Waals surface area contributed by atoms with Crippen LogP contribution >= 0.6 is 0 Å². The van der Waals surface area contributed by atoms with Gasteiger partial charge in [-0.05, 0) is 37.6 Å². The molecule has 2 aromatic heterocycles. The molecule has 6 heteroatoms. The van der Waals surface area contributed by atoms with Crippen LogP contribution in [-0.2, 0) is 5.67 Å². The Labute approximate surface area is 133 Å². The van der Waals surface area contributed by atoms with E-state index in [1.54, 1.807) is 49.7 Å². The van der Waals surface area contributed by atoms with Gasteiger partial charge >= 0.3 is 0 Å². The Balaban J connectivity index is 1.92. The minimum Gasteiger partial charge on any atom is -0.481 e. The lowest BCUT2D eigenvalue weighted by Gasteiger charge is -2.14. The molecule has 0 N–H and O–H groups in total. The lowest BCUT2D eigenvalue weighted by Crippen LogP contribution is -2.08. The molecule has 0 aliphatic rings. The van der Waals surface area contributed by atoms with E-state index in [2.05, 4.69) is 15.2 Å². The first kappa shape index (κ1) is 15.1. The third-order valence-corrected chi connectivity index (χ3v) is 3.41. The predicted octanol–water partition coefficient (Wildman–Crippen LogP) is 4.01. The van der Waals surface area contributed by atoms with Gasteiger partial charge in [-0.25, -0.2) is 9.37 Å². The van der Waals surface area contributed by atoms with Crippen molar-refractivity contribution in [3.63, 3.8) is 0 Å². The number of methoxy groups -OCH3 is 1. The summed E-state index contributed by atoms with van der Waals surface area (Å²) in [6.07, 6.45) is 1.59. The van der Waals surface area contributed by atoms with E-state index in [-0.39, 0.29) is 0 Å². The average Bonchev–Trinajstić information content (AvgIpc) is 3.04. The number of alkyl halides is 1. The highest BCUT2D eigenvalue weighted by Crippen LogP contribution is 2.29. The van der Waals surface area contributed by atoms with Crippen molar-refractivity contribution in [2.45, 2.75) is 19.5 Å². The molecule has 0 atom stereocenters. The van der Waals surface area contributed by atoms with Crippen LogP contribution in [0.2, 0.25) is 0 Å². The summed E-state index contributed by atoms with van der Waals surface area (Å²) in [4.78, 5) is 4.10.